The van der Waals surface area contributed by atoms with Crippen molar-refractivity contribution in [2.24, 2.45) is 0 Å². The fraction of sp³-hybridized carbons (Fsp3) is 0.235. The third-order valence-corrected chi connectivity index (χ3v) is 3.28. The van der Waals surface area contributed by atoms with Crippen LogP contribution in [0.15, 0.2) is 48.5 Å². The van der Waals surface area contributed by atoms with E-state index < -0.39 is 0 Å². The van der Waals surface area contributed by atoms with Crippen LogP contribution < -0.4 is 19.5 Å². The van der Waals surface area contributed by atoms with Crippen LogP contribution in [0.25, 0.3) is 0 Å². The first kappa shape index (κ1) is 15.1. The van der Waals surface area contributed by atoms with E-state index in [2.05, 4.69) is 5.32 Å². The number of nitrogens with one attached hydrogen (secondary N) is 1. The van der Waals surface area contributed by atoms with Crippen molar-refractivity contribution in [1.29, 1.82) is 0 Å². The molecular formula is C17H16FNO4. The number of amides is 1. The number of benzene rings is 2. The standard InChI is InChI=1S/C17H16FNO4/c18-12-5-7-13(8-6-12)21-11-17(20)19-9-14-10-22-15-3-1-2-4-16(15)23-14/h1-8,14H,9-11H2,(H,19,20)/t14-/m1/s1. The number of carbonyl (C=O) groups is 1. The van der Waals surface area contributed by atoms with Crippen LogP contribution >= 0.6 is 0 Å². The van der Waals surface area contributed by atoms with Crippen molar-refractivity contribution in [3.63, 3.8) is 0 Å². The van der Waals surface area contributed by atoms with Gasteiger partial charge in [0.25, 0.3) is 5.91 Å². The van der Waals surface area contributed by atoms with Crippen molar-refractivity contribution in [3.05, 3.63) is 54.3 Å². The summed E-state index contributed by atoms with van der Waals surface area (Å²) < 4.78 is 29.3. The number of halogens is 1. The maximum absolute atomic E-state index is 12.8. The number of para-hydroxylation sites is 2. The molecule has 0 unspecified atom stereocenters. The summed E-state index contributed by atoms with van der Waals surface area (Å²) in [5.74, 6) is 1.18. The SMILES string of the molecule is O=C(COc1ccc(F)cc1)NC[C@@H]1COc2ccccc2O1. The Balaban J connectivity index is 1.42. The third kappa shape index (κ3) is 4.12. The molecule has 0 spiro atoms. The summed E-state index contributed by atoms with van der Waals surface area (Å²) in [7, 11) is 0. The van der Waals surface area contributed by atoms with E-state index in [1.165, 1.54) is 24.3 Å². The highest BCUT2D eigenvalue weighted by Gasteiger charge is 2.20. The fourth-order valence-corrected chi connectivity index (χ4v) is 2.12. The van der Waals surface area contributed by atoms with Gasteiger partial charge in [0.15, 0.2) is 18.1 Å². The Morgan fingerprint density at radius 1 is 1.17 bits per heavy atom. The molecule has 0 fully saturated rings. The highest BCUT2D eigenvalue weighted by molar-refractivity contribution is 5.77. The lowest BCUT2D eigenvalue weighted by molar-refractivity contribution is -0.123. The monoisotopic (exact) mass is 317 g/mol. The van der Waals surface area contributed by atoms with Crippen LogP contribution in [0.5, 0.6) is 17.2 Å². The Bertz CT molecular complexity index is 675. The second-order valence-corrected chi connectivity index (χ2v) is 5.04. The lowest BCUT2D eigenvalue weighted by Gasteiger charge is -2.26. The molecule has 0 radical (unpaired) electrons. The van der Waals surface area contributed by atoms with E-state index in [-0.39, 0.29) is 24.4 Å². The average Bonchev–Trinajstić information content (AvgIpc) is 2.59. The molecule has 0 saturated heterocycles. The minimum absolute atomic E-state index is 0.143. The molecule has 0 aromatic heterocycles. The van der Waals surface area contributed by atoms with Crippen LogP contribution in [0.4, 0.5) is 4.39 Å². The highest BCUT2D eigenvalue weighted by Crippen LogP contribution is 2.30. The van der Waals surface area contributed by atoms with Gasteiger partial charge in [-0.2, -0.15) is 0 Å². The van der Waals surface area contributed by atoms with Crippen LogP contribution in [-0.2, 0) is 4.79 Å². The van der Waals surface area contributed by atoms with E-state index in [0.29, 0.717) is 30.4 Å². The highest BCUT2D eigenvalue weighted by atomic mass is 19.1. The normalized spacial score (nSPS) is 15.8. The fourth-order valence-electron chi connectivity index (χ4n) is 2.12. The number of ether oxygens (including phenoxy) is 3. The molecule has 1 aliphatic heterocycles. The molecule has 1 amide bonds. The Hall–Kier alpha value is -2.76. The van der Waals surface area contributed by atoms with Gasteiger partial charge in [0, 0.05) is 0 Å². The van der Waals surface area contributed by atoms with Crippen LogP contribution in [0.1, 0.15) is 0 Å². The zero-order valence-electron chi connectivity index (χ0n) is 12.3. The van der Waals surface area contributed by atoms with Crippen molar-refractivity contribution in [2.45, 2.75) is 6.10 Å². The maximum atomic E-state index is 12.8. The Morgan fingerprint density at radius 3 is 2.70 bits per heavy atom. The maximum Gasteiger partial charge on any atom is 0.258 e. The molecule has 2 aromatic rings. The second-order valence-electron chi connectivity index (χ2n) is 5.04. The summed E-state index contributed by atoms with van der Waals surface area (Å²) in [6.07, 6.45) is -0.250. The third-order valence-electron chi connectivity index (χ3n) is 3.28. The summed E-state index contributed by atoms with van der Waals surface area (Å²) in [5.41, 5.74) is 0. The summed E-state index contributed by atoms with van der Waals surface area (Å²) in [6, 6.07) is 12.9. The lowest BCUT2D eigenvalue weighted by Crippen LogP contribution is -2.42. The number of rotatable bonds is 5. The van der Waals surface area contributed by atoms with E-state index in [1.54, 1.807) is 0 Å². The lowest BCUT2D eigenvalue weighted by atomic mass is 10.2. The van der Waals surface area contributed by atoms with Crippen molar-refractivity contribution < 1.29 is 23.4 Å². The quantitative estimate of drug-likeness (QED) is 0.918. The number of hydrogen-bond donors (Lipinski definition) is 1. The number of carbonyl (C=O) groups excluding carboxylic acids is 1. The van der Waals surface area contributed by atoms with Gasteiger partial charge in [-0.1, -0.05) is 12.1 Å². The van der Waals surface area contributed by atoms with Gasteiger partial charge in [0.05, 0.1) is 6.54 Å². The van der Waals surface area contributed by atoms with Gasteiger partial charge in [-0.05, 0) is 36.4 Å². The largest absolute Gasteiger partial charge is 0.486 e. The van der Waals surface area contributed by atoms with Gasteiger partial charge < -0.3 is 19.5 Å². The van der Waals surface area contributed by atoms with Gasteiger partial charge in [0.2, 0.25) is 0 Å². The van der Waals surface area contributed by atoms with E-state index in [4.69, 9.17) is 14.2 Å². The van der Waals surface area contributed by atoms with E-state index >= 15 is 0 Å². The Kier molecular flexibility index (Phi) is 4.61. The molecule has 23 heavy (non-hydrogen) atoms. The summed E-state index contributed by atoms with van der Waals surface area (Å²) in [6.45, 7) is 0.547. The van der Waals surface area contributed by atoms with Gasteiger partial charge in [-0.25, -0.2) is 4.39 Å². The Labute approximate surface area is 133 Å². The minimum atomic E-state index is -0.350. The van der Waals surface area contributed by atoms with Crippen LogP contribution in [0.2, 0.25) is 0 Å². The summed E-state index contributed by atoms with van der Waals surface area (Å²) in [5, 5.41) is 2.72. The van der Waals surface area contributed by atoms with Crippen molar-refractivity contribution in [1.82, 2.24) is 5.32 Å². The molecule has 120 valence electrons. The molecule has 1 N–H and O–H groups in total. The van der Waals surface area contributed by atoms with Gasteiger partial charge >= 0.3 is 0 Å². The average molecular weight is 317 g/mol. The van der Waals surface area contributed by atoms with Crippen molar-refractivity contribution >= 4 is 5.91 Å². The molecule has 6 heteroatoms. The van der Waals surface area contributed by atoms with Crippen LogP contribution in [-0.4, -0.2) is 31.8 Å². The smallest absolute Gasteiger partial charge is 0.258 e. The topological polar surface area (TPSA) is 56.8 Å². The van der Waals surface area contributed by atoms with Crippen molar-refractivity contribution in [3.8, 4) is 17.2 Å². The summed E-state index contributed by atoms with van der Waals surface area (Å²) >= 11 is 0. The van der Waals surface area contributed by atoms with Gasteiger partial charge in [-0.15, -0.1) is 0 Å². The Morgan fingerprint density at radius 2 is 1.91 bits per heavy atom. The first-order valence-corrected chi connectivity index (χ1v) is 7.24. The zero-order valence-corrected chi connectivity index (χ0v) is 12.3. The van der Waals surface area contributed by atoms with Gasteiger partial charge in [-0.3, -0.25) is 4.79 Å². The first-order chi connectivity index (χ1) is 11.2. The summed E-state index contributed by atoms with van der Waals surface area (Å²) in [4.78, 5) is 11.8. The molecule has 1 aliphatic rings. The molecule has 0 saturated carbocycles. The minimum Gasteiger partial charge on any atom is -0.486 e. The van der Waals surface area contributed by atoms with E-state index in [0.717, 1.165) is 0 Å². The molecule has 1 atom stereocenters. The molecule has 3 rings (SSSR count). The predicted molar refractivity (Wildman–Crippen MR) is 81.3 cm³/mol. The van der Waals surface area contributed by atoms with Crippen molar-refractivity contribution in [2.75, 3.05) is 19.8 Å². The molecule has 1 heterocycles. The van der Waals surface area contributed by atoms with E-state index in [1.807, 2.05) is 24.3 Å². The number of hydrogen-bond acceptors (Lipinski definition) is 4. The van der Waals surface area contributed by atoms with E-state index in [9.17, 15) is 9.18 Å². The van der Waals surface area contributed by atoms with Crippen LogP contribution in [0.3, 0.4) is 0 Å². The molecule has 0 bridgehead atoms. The second kappa shape index (κ2) is 7.00. The van der Waals surface area contributed by atoms with Gasteiger partial charge in [0.1, 0.15) is 24.3 Å². The van der Waals surface area contributed by atoms with Crippen LogP contribution in [0, 0.1) is 5.82 Å². The predicted octanol–water partition coefficient (Wildman–Crippen LogP) is 2.16. The first-order valence-electron chi connectivity index (χ1n) is 7.24. The zero-order chi connectivity index (χ0) is 16.1. The molecule has 5 nitrogen and oxygen atoms in total. The molecule has 0 aliphatic carbocycles. The molecular weight excluding hydrogens is 301 g/mol. The number of fused-ring (bicyclic) bond motifs is 1. The molecule has 2 aromatic carbocycles.